The van der Waals surface area contributed by atoms with Crippen LogP contribution in [0.1, 0.15) is 20.3 Å². The van der Waals surface area contributed by atoms with Crippen LogP contribution in [0.15, 0.2) is 0 Å². The van der Waals surface area contributed by atoms with E-state index in [-0.39, 0.29) is 5.91 Å². The summed E-state index contributed by atoms with van der Waals surface area (Å²) in [5, 5.41) is 6.87. The van der Waals surface area contributed by atoms with Crippen molar-refractivity contribution in [2.24, 2.45) is 0 Å². The number of fused-ring (bicyclic) bond motifs is 1. The quantitative estimate of drug-likeness (QED) is 0.599. The molecule has 2 atom stereocenters. The Bertz CT molecular complexity index is 229. The van der Waals surface area contributed by atoms with Gasteiger partial charge in [0.05, 0.1) is 0 Å². The minimum absolute atomic E-state index is 0.289. The van der Waals surface area contributed by atoms with Crippen LogP contribution in [0.2, 0.25) is 0 Å². The maximum Gasteiger partial charge on any atom is 0.224 e. The fraction of sp³-hybridized carbons (Fsp3) is 0.900. The van der Waals surface area contributed by atoms with Crippen molar-refractivity contribution in [3.63, 3.8) is 0 Å². The number of rotatable bonds is 1. The van der Waals surface area contributed by atoms with Crippen molar-refractivity contribution in [1.29, 1.82) is 0 Å². The van der Waals surface area contributed by atoms with Gasteiger partial charge in [0.1, 0.15) is 0 Å². The first-order valence-corrected chi connectivity index (χ1v) is 5.44. The van der Waals surface area contributed by atoms with Gasteiger partial charge in [0.15, 0.2) is 0 Å². The Balaban J connectivity index is 2.03. The lowest BCUT2D eigenvalue weighted by Crippen LogP contribution is -2.65. The second-order valence-corrected chi connectivity index (χ2v) is 4.47. The zero-order valence-electron chi connectivity index (χ0n) is 8.92. The Hall–Kier alpha value is -0.610. The predicted molar refractivity (Wildman–Crippen MR) is 55.0 cm³/mol. The maximum atomic E-state index is 11.7. The highest BCUT2D eigenvalue weighted by Crippen LogP contribution is 2.16. The van der Waals surface area contributed by atoms with E-state index in [0.717, 1.165) is 19.6 Å². The molecule has 0 aromatic rings. The average molecular weight is 197 g/mol. The second kappa shape index (κ2) is 3.87. The molecule has 1 amide bonds. The molecule has 2 fully saturated rings. The van der Waals surface area contributed by atoms with E-state index >= 15 is 0 Å². The number of nitrogens with one attached hydrogen (secondary N) is 2. The molecule has 4 nitrogen and oxygen atoms in total. The fourth-order valence-electron chi connectivity index (χ4n) is 2.32. The molecule has 2 rings (SSSR count). The molecule has 0 aliphatic carbocycles. The number of nitrogens with zero attached hydrogens (tertiary/aromatic N) is 1. The topological polar surface area (TPSA) is 44.4 Å². The number of likely N-dealkylation sites (tertiary alicyclic amines) is 1. The molecular weight excluding hydrogens is 178 g/mol. The number of hydrogen-bond donors (Lipinski definition) is 2. The van der Waals surface area contributed by atoms with E-state index in [0.29, 0.717) is 24.5 Å². The Morgan fingerprint density at radius 2 is 1.93 bits per heavy atom. The molecule has 0 saturated carbocycles. The van der Waals surface area contributed by atoms with Gasteiger partial charge in [-0.05, 0) is 13.8 Å². The summed E-state index contributed by atoms with van der Waals surface area (Å²) in [6.45, 7) is 7.01. The van der Waals surface area contributed by atoms with Gasteiger partial charge >= 0.3 is 0 Å². The first-order chi connectivity index (χ1) is 6.68. The normalized spacial score (nSPS) is 33.4. The van der Waals surface area contributed by atoms with Gasteiger partial charge in [-0.25, -0.2) is 0 Å². The Kier molecular flexibility index (Phi) is 2.74. The number of carbonyl (C=O) groups is 1. The average Bonchev–Trinajstić information content (AvgIpc) is 2.16. The van der Waals surface area contributed by atoms with Crippen LogP contribution >= 0.6 is 0 Å². The molecule has 2 heterocycles. The summed E-state index contributed by atoms with van der Waals surface area (Å²) in [6, 6.07) is 1.13. The maximum absolute atomic E-state index is 11.7. The molecule has 2 N–H and O–H groups in total. The van der Waals surface area contributed by atoms with Crippen molar-refractivity contribution >= 4 is 5.91 Å². The summed E-state index contributed by atoms with van der Waals surface area (Å²) in [6.07, 6.45) is 0.649. The predicted octanol–water partition coefficient (Wildman–Crippen LogP) is -0.443. The lowest BCUT2D eigenvalue weighted by molar-refractivity contribution is -0.137. The first-order valence-electron chi connectivity index (χ1n) is 5.44. The van der Waals surface area contributed by atoms with Gasteiger partial charge in [-0.2, -0.15) is 0 Å². The molecule has 2 unspecified atom stereocenters. The third kappa shape index (κ3) is 1.77. The van der Waals surface area contributed by atoms with Crippen LogP contribution in [0, 0.1) is 0 Å². The minimum atomic E-state index is 0.289. The third-order valence-corrected chi connectivity index (χ3v) is 3.16. The van der Waals surface area contributed by atoms with Crippen LogP contribution in [0.3, 0.4) is 0 Å². The van der Waals surface area contributed by atoms with Gasteiger partial charge in [0.25, 0.3) is 0 Å². The zero-order valence-corrected chi connectivity index (χ0v) is 8.92. The molecular formula is C10H19N3O. The van der Waals surface area contributed by atoms with Crippen LogP contribution in [-0.4, -0.2) is 48.6 Å². The van der Waals surface area contributed by atoms with Crippen molar-refractivity contribution in [1.82, 2.24) is 15.5 Å². The van der Waals surface area contributed by atoms with Crippen LogP contribution in [0.4, 0.5) is 0 Å². The molecule has 0 aromatic carbocycles. The summed E-state index contributed by atoms with van der Waals surface area (Å²) in [4.78, 5) is 13.7. The van der Waals surface area contributed by atoms with Crippen LogP contribution in [-0.2, 0) is 4.79 Å². The Labute approximate surface area is 85.0 Å². The molecule has 80 valence electrons. The van der Waals surface area contributed by atoms with Crippen molar-refractivity contribution in [3.8, 4) is 0 Å². The van der Waals surface area contributed by atoms with Crippen LogP contribution in [0.25, 0.3) is 0 Å². The van der Waals surface area contributed by atoms with Crippen LogP contribution in [0.5, 0.6) is 0 Å². The Morgan fingerprint density at radius 1 is 1.29 bits per heavy atom. The van der Waals surface area contributed by atoms with Crippen molar-refractivity contribution in [2.45, 2.75) is 38.4 Å². The van der Waals surface area contributed by atoms with Crippen molar-refractivity contribution in [3.05, 3.63) is 0 Å². The fourth-order valence-corrected chi connectivity index (χ4v) is 2.32. The van der Waals surface area contributed by atoms with Crippen molar-refractivity contribution in [2.75, 3.05) is 19.6 Å². The van der Waals surface area contributed by atoms with E-state index in [1.54, 1.807) is 0 Å². The Morgan fingerprint density at radius 3 is 2.57 bits per heavy atom. The van der Waals surface area contributed by atoms with E-state index in [2.05, 4.69) is 24.5 Å². The van der Waals surface area contributed by atoms with E-state index in [4.69, 9.17) is 0 Å². The van der Waals surface area contributed by atoms with E-state index in [9.17, 15) is 4.79 Å². The van der Waals surface area contributed by atoms with E-state index < -0.39 is 0 Å². The molecule has 2 aliphatic heterocycles. The SMILES string of the molecule is CC(C)N1CC2NCCNC2CC1=O. The molecule has 2 aliphatic rings. The standard InChI is InChI=1S/C10H19N3O/c1-7(2)13-6-9-8(5-10(13)14)11-3-4-12-9/h7-9,11-12H,3-6H2,1-2H3. The lowest BCUT2D eigenvalue weighted by Gasteiger charge is -2.43. The number of piperazine rings is 1. The summed E-state index contributed by atoms with van der Waals surface area (Å²) in [7, 11) is 0. The highest BCUT2D eigenvalue weighted by molar-refractivity contribution is 5.78. The summed E-state index contributed by atoms with van der Waals surface area (Å²) >= 11 is 0. The summed E-state index contributed by atoms with van der Waals surface area (Å²) < 4.78 is 0. The summed E-state index contributed by atoms with van der Waals surface area (Å²) in [5.74, 6) is 0.289. The molecule has 0 spiro atoms. The van der Waals surface area contributed by atoms with Gasteiger partial charge in [-0.3, -0.25) is 4.79 Å². The number of carbonyl (C=O) groups excluding carboxylic acids is 1. The van der Waals surface area contributed by atoms with Gasteiger partial charge in [-0.15, -0.1) is 0 Å². The van der Waals surface area contributed by atoms with Crippen LogP contribution < -0.4 is 10.6 Å². The molecule has 2 saturated heterocycles. The smallest absolute Gasteiger partial charge is 0.224 e. The molecule has 14 heavy (non-hydrogen) atoms. The van der Waals surface area contributed by atoms with E-state index in [1.165, 1.54) is 0 Å². The summed E-state index contributed by atoms with van der Waals surface area (Å²) in [5.41, 5.74) is 0. The van der Waals surface area contributed by atoms with Crippen molar-refractivity contribution < 1.29 is 4.79 Å². The largest absolute Gasteiger partial charge is 0.339 e. The number of piperidine rings is 1. The highest BCUT2D eigenvalue weighted by Gasteiger charge is 2.35. The van der Waals surface area contributed by atoms with Gasteiger partial charge < -0.3 is 15.5 Å². The van der Waals surface area contributed by atoms with Gasteiger partial charge in [0.2, 0.25) is 5.91 Å². The van der Waals surface area contributed by atoms with Gasteiger partial charge in [-0.1, -0.05) is 0 Å². The number of hydrogen-bond acceptors (Lipinski definition) is 3. The second-order valence-electron chi connectivity index (χ2n) is 4.47. The first kappa shape index (κ1) is 9.93. The molecule has 0 radical (unpaired) electrons. The molecule has 4 heteroatoms. The third-order valence-electron chi connectivity index (χ3n) is 3.16. The molecule has 0 bridgehead atoms. The monoisotopic (exact) mass is 197 g/mol. The lowest BCUT2D eigenvalue weighted by atomic mass is 9.96. The number of amides is 1. The highest BCUT2D eigenvalue weighted by atomic mass is 16.2. The van der Waals surface area contributed by atoms with Gasteiger partial charge in [0, 0.05) is 44.2 Å². The minimum Gasteiger partial charge on any atom is -0.339 e. The molecule has 0 aromatic heterocycles. The zero-order chi connectivity index (χ0) is 10.1. The van der Waals surface area contributed by atoms with E-state index in [1.807, 2.05) is 4.90 Å².